The van der Waals surface area contributed by atoms with Gasteiger partial charge >= 0.3 is 0 Å². The van der Waals surface area contributed by atoms with Gasteiger partial charge in [0.15, 0.2) is 0 Å². The number of hydrogen-bond donors (Lipinski definition) is 2. The van der Waals surface area contributed by atoms with Crippen molar-refractivity contribution in [2.75, 3.05) is 0 Å². The molecule has 0 atom stereocenters. The van der Waals surface area contributed by atoms with Crippen molar-refractivity contribution in [3.8, 4) is 5.69 Å². The van der Waals surface area contributed by atoms with Gasteiger partial charge in [-0.05, 0) is 43.0 Å². The lowest BCUT2D eigenvalue weighted by Crippen LogP contribution is -2.41. The van der Waals surface area contributed by atoms with Crippen molar-refractivity contribution in [3.05, 3.63) is 69.7 Å². The van der Waals surface area contributed by atoms with Crippen LogP contribution in [0.3, 0.4) is 0 Å². The maximum absolute atomic E-state index is 12.3. The molecule has 0 aliphatic carbocycles. The highest BCUT2D eigenvalue weighted by atomic mass is 32.1. The minimum Gasteiger partial charge on any atom is -0.267 e. The Kier molecular flexibility index (Phi) is 4.43. The SMILES string of the molecule is Cc1cccc(-n2ncc(C(=O)NNC(=O)c3cccs3)c2C)c1. The van der Waals surface area contributed by atoms with Crippen molar-refractivity contribution in [3.63, 3.8) is 0 Å². The van der Waals surface area contributed by atoms with Crippen LogP contribution in [0.5, 0.6) is 0 Å². The molecule has 1 aromatic carbocycles. The molecule has 2 amide bonds. The van der Waals surface area contributed by atoms with Crippen molar-refractivity contribution in [1.82, 2.24) is 20.6 Å². The van der Waals surface area contributed by atoms with Crippen LogP contribution in [-0.2, 0) is 0 Å². The highest BCUT2D eigenvalue weighted by Crippen LogP contribution is 2.15. The number of rotatable bonds is 3. The van der Waals surface area contributed by atoms with Crippen LogP contribution in [0, 0.1) is 13.8 Å². The molecule has 7 heteroatoms. The Bertz CT molecular complexity index is 884. The lowest BCUT2D eigenvalue weighted by atomic mass is 10.2. The fourth-order valence-electron chi connectivity index (χ4n) is 2.30. The van der Waals surface area contributed by atoms with Gasteiger partial charge in [0, 0.05) is 0 Å². The van der Waals surface area contributed by atoms with E-state index in [2.05, 4.69) is 16.0 Å². The predicted octanol–water partition coefficient (Wildman–Crippen LogP) is 2.63. The quantitative estimate of drug-likeness (QED) is 0.720. The third kappa shape index (κ3) is 3.21. The summed E-state index contributed by atoms with van der Waals surface area (Å²) in [6.07, 6.45) is 1.49. The molecular weight excluding hydrogens is 324 g/mol. The Morgan fingerprint density at radius 1 is 1.08 bits per heavy atom. The molecule has 6 nitrogen and oxygen atoms in total. The van der Waals surface area contributed by atoms with E-state index in [-0.39, 0.29) is 5.91 Å². The van der Waals surface area contributed by atoms with Gasteiger partial charge < -0.3 is 0 Å². The molecular formula is C17H16N4O2S. The summed E-state index contributed by atoms with van der Waals surface area (Å²) in [5, 5.41) is 6.07. The van der Waals surface area contributed by atoms with Crippen LogP contribution in [0.15, 0.2) is 48.0 Å². The van der Waals surface area contributed by atoms with E-state index in [1.165, 1.54) is 17.5 Å². The second-order valence-electron chi connectivity index (χ2n) is 5.28. The number of hydrazine groups is 1. The number of hydrogen-bond acceptors (Lipinski definition) is 4. The van der Waals surface area contributed by atoms with Gasteiger partial charge in [0.1, 0.15) is 0 Å². The summed E-state index contributed by atoms with van der Waals surface area (Å²) in [5.41, 5.74) is 7.92. The number of benzene rings is 1. The zero-order chi connectivity index (χ0) is 17.1. The average Bonchev–Trinajstić information content (AvgIpc) is 3.22. The standard InChI is InChI=1S/C17H16N4O2S/c1-11-5-3-6-13(9-11)21-12(2)14(10-18-21)16(22)19-20-17(23)15-7-4-8-24-15/h3-10H,1-2H3,(H,19,22)(H,20,23). The molecule has 2 N–H and O–H groups in total. The van der Waals surface area contributed by atoms with E-state index in [0.717, 1.165) is 11.3 Å². The first-order valence-electron chi connectivity index (χ1n) is 7.32. The minimum absolute atomic E-state index is 0.345. The van der Waals surface area contributed by atoms with E-state index in [0.29, 0.717) is 16.1 Å². The highest BCUT2D eigenvalue weighted by Gasteiger charge is 2.16. The van der Waals surface area contributed by atoms with Gasteiger partial charge in [0.25, 0.3) is 11.8 Å². The summed E-state index contributed by atoms with van der Waals surface area (Å²) < 4.78 is 1.70. The van der Waals surface area contributed by atoms with Crippen LogP contribution in [0.4, 0.5) is 0 Å². The maximum atomic E-state index is 12.3. The molecule has 122 valence electrons. The lowest BCUT2D eigenvalue weighted by molar-refractivity contribution is 0.0848. The average molecular weight is 340 g/mol. The smallest absolute Gasteiger partial charge is 0.267 e. The fraction of sp³-hybridized carbons (Fsp3) is 0.118. The molecule has 0 saturated carbocycles. The largest absolute Gasteiger partial charge is 0.279 e. The summed E-state index contributed by atoms with van der Waals surface area (Å²) in [6, 6.07) is 11.3. The van der Waals surface area contributed by atoms with Crippen molar-refractivity contribution < 1.29 is 9.59 Å². The van der Waals surface area contributed by atoms with Gasteiger partial charge in [-0.3, -0.25) is 20.4 Å². The van der Waals surface area contributed by atoms with Crippen molar-refractivity contribution in [1.29, 1.82) is 0 Å². The van der Waals surface area contributed by atoms with Crippen LogP contribution in [0.2, 0.25) is 0 Å². The molecule has 0 bridgehead atoms. The number of nitrogens with one attached hydrogen (secondary N) is 2. The van der Waals surface area contributed by atoms with Crippen LogP contribution in [0.25, 0.3) is 5.69 Å². The lowest BCUT2D eigenvalue weighted by Gasteiger charge is -2.08. The normalized spacial score (nSPS) is 10.4. The second-order valence-corrected chi connectivity index (χ2v) is 6.23. The molecule has 0 unspecified atom stereocenters. The zero-order valence-electron chi connectivity index (χ0n) is 13.2. The minimum atomic E-state index is -0.406. The van der Waals surface area contributed by atoms with Gasteiger partial charge in [-0.25, -0.2) is 4.68 Å². The molecule has 0 aliphatic rings. The number of aromatic nitrogens is 2. The molecule has 0 radical (unpaired) electrons. The van der Waals surface area contributed by atoms with Crippen LogP contribution in [-0.4, -0.2) is 21.6 Å². The molecule has 3 rings (SSSR count). The topological polar surface area (TPSA) is 76.0 Å². The van der Waals surface area contributed by atoms with Crippen molar-refractivity contribution in [2.24, 2.45) is 0 Å². The van der Waals surface area contributed by atoms with E-state index in [1.807, 2.05) is 38.1 Å². The summed E-state index contributed by atoms with van der Waals surface area (Å²) in [7, 11) is 0. The van der Waals surface area contributed by atoms with E-state index >= 15 is 0 Å². The van der Waals surface area contributed by atoms with Gasteiger partial charge in [-0.1, -0.05) is 18.2 Å². The first kappa shape index (κ1) is 15.9. The Labute approximate surface area is 143 Å². The zero-order valence-corrected chi connectivity index (χ0v) is 14.1. The monoisotopic (exact) mass is 340 g/mol. The fourth-order valence-corrected chi connectivity index (χ4v) is 2.92. The molecule has 2 heterocycles. The van der Waals surface area contributed by atoms with Gasteiger partial charge in [-0.2, -0.15) is 5.10 Å². The molecule has 0 fully saturated rings. The highest BCUT2D eigenvalue weighted by molar-refractivity contribution is 7.12. The Morgan fingerprint density at radius 2 is 1.88 bits per heavy atom. The van der Waals surface area contributed by atoms with Crippen LogP contribution >= 0.6 is 11.3 Å². The number of carbonyl (C=O) groups excluding carboxylic acids is 2. The third-order valence-electron chi connectivity index (χ3n) is 3.54. The first-order chi connectivity index (χ1) is 11.6. The van der Waals surface area contributed by atoms with Crippen LogP contribution < -0.4 is 10.9 Å². The molecule has 0 saturated heterocycles. The molecule has 2 aromatic heterocycles. The van der Waals surface area contributed by atoms with E-state index in [4.69, 9.17) is 0 Å². The van der Waals surface area contributed by atoms with Gasteiger partial charge in [0.05, 0.1) is 28.0 Å². The Hall–Kier alpha value is -2.93. The third-order valence-corrected chi connectivity index (χ3v) is 4.40. The summed E-state index contributed by atoms with van der Waals surface area (Å²) in [4.78, 5) is 24.7. The van der Waals surface area contributed by atoms with E-state index < -0.39 is 5.91 Å². The number of thiophene rings is 1. The molecule has 24 heavy (non-hydrogen) atoms. The van der Waals surface area contributed by atoms with E-state index in [1.54, 1.807) is 22.2 Å². The van der Waals surface area contributed by atoms with Crippen molar-refractivity contribution >= 4 is 23.2 Å². The van der Waals surface area contributed by atoms with Crippen LogP contribution in [0.1, 0.15) is 31.3 Å². The van der Waals surface area contributed by atoms with Gasteiger partial charge in [-0.15, -0.1) is 11.3 Å². The van der Waals surface area contributed by atoms with E-state index in [9.17, 15) is 9.59 Å². The number of amides is 2. The number of nitrogens with zero attached hydrogens (tertiary/aromatic N) is 2. The molecule has 0 aliphatic heterocycles. The summed E-state index contributed by atoms with van der Waals surface area (Å²) in [6.45, 7) is 3.81. The Morgan fingerprint density at radius 3 is 2.58 bits per heavy atom. The predicted molar refractivity (Wildman–Crippen MR) is 92.3 cm³/mol. The summed E-state index contributed by atoms with van der Waals surface area (Å²) in [5.74, 6) is -0.751. The second kappa shape index (κ2) is 6.67. The molecule has 0 spiro atoms. The number of carbonyl (C=O) groups is 2. The number of aryl methyl sites for hydroxylation is 1. The Balaban J connectivity index is 1.73. The van der Waals surface area contributed by atoms with Gasteiger partial charge in [0.2, 0.25) is 0 Å². The maximum Gasteiger partial charge on any atom is 0.279 e. The molecule has 3 aromatic rings. The first-order valence-corrected chi connectivity index (χ1v) is 8.20. The summed E-state index contributed by atoms with van der Waals surface area (Å²) >= 11 is 1.30. The van der Waals surface area contributed by atoms with Crippen molar-refractivity contribution in [2.45, 2.75) is 13.8 Å².